The smallest absolute Gasteiger partial charge is 0.258 e. The summed E-state index contributed by atoms with van der Waals surface area (Å²) in [4.78, 5) is 15.5. The van der Waals surface area contributed by atoms with Crippen molar-refractivity contribution in [1.29, 1.82) is 5.26 Å². The average molecular weight is 416 g/mol. The number of aliphatic imine (C=N–C) groups is 1. The molecule has 3 heterocycles. The van der Waals surface area contributed by atoms with Crippen LogP contribution in [0.4, 0.5) is 5.82 Å². The zero-order valence-electron chi connectivity index (χ0n) is 18.2. The largest absolute Gasteiger partial charge is 0.467 e. The summed E-state index contributed by atoms with van der Waals surface area (Å²) >= 11 is 0. The Labute approximate surface area is 180 Å². The molecule has 0 unspecified atom stereocenters. The first kappa shape index (κ1) is 20.3. The maximum Gasteiger partial charge on any atom is 0.258 e. The van der Waals surface area contributed by atoms with Crippen molar-refractivity contribution in [3.8, 4) is 23.2 Å². The van der Waals surface area contributed by atoms with E-state index in [1.165, 1.54) is 0 Å². The van der Waals surface area contributed by atoms with Crippen LogP contribution in [-0.4, -0.2) is 44.6 Å². The van der Waals surface area contributed by atoms with Gasteiger partial charge in [0.15, 0.2) is 5.82 Å². The number of hydrogen-bond donors (Lipinski definition) is 1. The number of nitriles is 1. The zero-order valence-corrected chi connectivity index (χ0v) is 18.2. The van der Waals surface area contributed by atoms with Crippen molar-refractivity contribution in [3.05, 3.63) is 52.5 Å². The number of hydrogen-bond acceptors (Lipinski definition) is 7. The van der Waals surface area contributed by atoms with Crippen molar-refractivity contribution < 1.29 is 4.74 Å². The van der Waals surface area contributed by atoms with Gasteiger partial charge in [0.2, 0.25) is 0 Å². The molecule has 3 aromatic rings. The van der Waals surface area contributed by atoms with Gasteiger partial charge in [-0.1, -0.05) is 23.8 Å². The highest BCUT2D eigenvalue weighted by Gasteiger charge is 2.26. The van der Waals surface area contributed by atoms with Crippen molar-refractivity contribution in [3.63, 3.8) is 0 Å². The lowest BCUT2D eigenvalue weighted by Crippen LogP contribution is -2.29. The van der Waals surface area contributed by atoms with Crippen LogP contribution in [0.2, 0.25) is 0 Å². The van der Waals surface area contributed by atoms with Gasteiger partial charge in [0.1, 0.15) is 23.7 Å². The van der Waals surface area contributed by atoms with Gasteiger partial charge in [-0.15, -0.1) is 0 Å². The minimum absolute atomic E-state index is 0.187. The van der Waals surface area contributed by atoms with Crippen LogP contribution in [0.1, 0.15) is 41.1 Å². The molecule has 0 saturated carbocycles. The number of rotatable bonds is 0. The van der Waals surface area contributed by atoms with Gasteiger partial charge in [-0.05, 0) is 13.8 Å². The van der Waals surface area contributed by atoms with Crippen LogP contribution in [-0.2, 0) is 13.6 Å². The summed E-state index contributed by atoms with van der Waals surface area (Å²) in [5.74, 6) is 1.20. The van der Waals surface area contributed by atoms with Crippen molar-refractivity contribution in [2.75, 3.05) is 19.8 Å². The highest BCUT2D eigenvalue weighted by Crippen LogP contribution is 2.33. The van der Waals surface area contributed by atoms with Crippen LogP contribution in [0, 0.1) is 18.3 Å². The fraction of sp³-hybridized carbons (Fsp3) is 0.318. The Hall–Kier alpha value is -3.93. The molecule has 0 aliphatic carbocycles. The van der Waals surface area contributed by atoms with E-state index < -0.39 is 0 Å². The lowest BCUT2D eigenvalue weighted by molar-refractivity contribution is 0.218. The summed E-state index contributed by atoms with van der Waals surface area (Å²) in [6, 6.07) is 8.39. The Kier molecular flexibility index (Phi) is 5.07. The summed E-state index contributed by atoms with van der Waals surface area (Å²) in [7, 11) is 5.45. The topological polar surface area (TPSA) is 118 Å². The first-order chi connectivity index (χ1) is 14.8. The lowest BCUT2D eigenvalue weighted by atomic mass is 9.98. The van der Waals surface area contributed by atoms with Crippen molar-refractivity contribution in [2.24, 2.45) is 12.0 Å². The molecule has 0 spiro atoms. The second-order valence-electron chi connectivity index (χ2n) is 7.61. The van der Waals surface area contributed by atoms with Gasteiger partial charge in [-0.25, -0.2) is 9.97 Å². The fourth-order valence-electron chi connectivity index (χ4n) is 3.93. The predicted molar refractivity (Wildman–Crippen MR) is 118 cm³/mol. The molecule has 2 aromatic heterocycles. The summed E-state index contributed by atoms with van der Waals surface area (Å²) in [6.07, 6.45) is 1.20. The molecular weight excluding hydrogens is 392 g/mol. The molecule has 0 radical (unpaired) electrons. The third-order valence-corrected chi connectivity index (χ3v) is 5.38. The van der Waals surface area contributed by atoms with Gasteiger partial charge < -0.3 is 15.4 Å². The van der Waals surface area contributed by atoms with Crippen molar-refractivity contribution in [1.82, 2.24) is 24.6 Å². The van der Waals surface area contributed by atoms with Gasteiger partial charge in [-0.2, -0.15) is 10.4 Å². The van der Waals surface area contributed by atoms with E-state index in [0.717, 1.165) is 22.5 Å². The highest BCUT2D eigenvalue weighted by atomic mass is 16.5. The Bertz CT molecular complexity index is 1240. The van der Waals surface area contributed by atoms with E-state index in [-0.39, 0.29) is 17.8 Å². The quantitative estimate of drug-likeness (QED) is 0.598. The maximum atomic E-state index is 9.75. The molecular formula is C22H24N8O. The monoisotopic (exact) mass is 416 g/mol. The van der Waals surface area contributed by atoms with Crippen LogP contribution in [0.25, 0.3) is 11.3 Å². The molecule has 158 valence electrons. The normalized spacial score (nSPS) is 17.1. The lowest BCUT2D eigenvalue weighted by Gasteiger charge is -2.26. The zero-order chi connectivity index (χ0) is 22.3. The Morgan fingerprint density at radius 1 is 1.32 bits per heavy atom. The number of aryl methyl sites for hydroxylation is 2. The predicted octanol–water partition coefficient (Wildman–Crippen LogP) is 2.60. The molecule has 0 saturated heterocycles. The molecule has 0 fully saturated rings. The molecule has 1 aliphatic rings. The molecule has 0 amide bonds. The molecule has 1 aliphatic heterocycles. The minimum Gasteiger partial charge on any atom is -0.467 e. The SMILES string of the molecule is C/N=C1/c2ccc(C)cc2[C@@H](C)Oc2nc(cnc2N)-c2c(nn(C)c2C#N)CN1C. The number of nitrogens with two attached hydrogens (primary N) is 1. The van der Waals surface area contributed by atoms with Crippen molar-refractivity contribution in [2.45, 2.75) is 26.5 Å². The van der Waals surface area contributed by atoms with Crippen LogP contribution in [0.5, 0.6) is 5.88 Å². The molecule has 9 nitrogen and oxygen atoms in total. The second-order valence-corrected chi connectivity index (χ2v) is 7.61. The number of nitrogen functional groups attached to an aromatic ring is 1. The molecule has 2 bridgehead atoms. The molecule has 1 aromatic carbocycles. The number of nitrogens with zero attached hydrogens (tertiary/aromatic N) is 7. The third-order valence-electron chi connectivity index (χ3n) is 5.38. The van der Waals surface area contributed by atoms with Crippen molar-refractivity contribution >= 4 is 11.7 Å². The van der Waals surface area contributed by atoms with Crippen LogP contribution in [0.3, 0.4) is 0 Å². The molecule has 9 heteroatoms. The number of ether oxygens (including phenoxy) is 1. The summed E-state index contributed by atoms with van der Waals surface area (Å²) in [6.45, 7) is 4.41. The van der Waals surface area contributed by atoms with E-state index in [1.807, 2.05) is 37.9 Å². The van der Waals surface area contributed by atoms with Crippen LogP contribution >= 0.6 is 0 Å². The first-order valence-electron chi connectivity index (χ1n) is 9.88. The Morgan fingerprint density at radius 3 is 2.81 bits per heavy atom. The van der Waals surface area contributed by atoms with Gasteiger partial charge in [-0.3, -0.25) is 9.67 Å². The highest BCUT2D eigenvalue weighted by molar-refractivity contribution is 6.00. The van der Waals surface area contributed by atoms with E-state index >= 15 is 0 Å². The summed E-state index contributed by atoms with van der Waals surface area (Å²) in [5.41, 5.74) is 11.3. The van der Waals surface area contributed by atoms with Gasteiger partial charge >= 0.3 is 0 Å². The van der Waals surface area contributed by atoms with Gasteiger partial charge in [0.05, 0.1) is 29.7 Å². The second kappa shape index (κ2) is 7.72. The summed E-state index contributed by atoms with van der Waals surface area (Å²) < 4.78 is 7.74. The number of anilines is 1. The van der Waals surface area contributed by atoms with Gasteiger partial charge in [0, 0.05) is 32.3 Å². The van der Waals surface area contributed by atoms with Gasteiger partial charge in [0.25, 0.3) is 5.88 Å². The molecule has 2 N–H and O–H groups in total. The van der Waals surface area contributed by atoms with Crippen LogP contribution in [0.15, 0.2) is 29.4 Å². The van der Waals surface area contributed by atoms with E-state index in [9.17, 15) is 5.26 Å². The average Bonchev–Trinajstić information content (AvgIpc) is 3.05. The first-order valence-corrected chi connectivity index (χ1v) is 9.88. The standard InChI is InChI=1S/C22H24N8O/c1-12-6-7-14-15(8-12)13(2)31-22-20(24)26-10-16(27-22)19-17(11-29(4)21(14)25-3)28-30(5)18(19)9-23/h6-8,10,13H,11H2,1-5H3,(H2,24,26)/b25-21-/t13-/m1/s1. The molecule has 1 atom stereocenters. The van der Waals surface area contributed by atoms with E-state index in [4.69, 9.17) is 10.5 Å². The third kappa shape index (κ3) is 3.46. The van der Waals surface area contributed by atoms with Crippen LogP contribution < -0.4 is 10.5 Å². The fourth-order valence-corrected chi connectivity index (χ4v) is 3.93. The number of amidine groups is 1. The number of aromatic nitrogens is 4. The van der Waals surface area contributed by atoms with E-state index in [1.54, 1.807) is 25.0 Å². The molecule has 31 heavy (non-hydrogen) atoms. The number of fused-ring (bicyclic) bond motifs is 5. The minimum atomic E-state index is -0.352. The Morgan fingerprint density at radius 2 is 2.10 bits per heavy atom. The Balaban J connectivity index is 2.01. The number of benzene rings is 1. The molecule has 4 rings (SSSR count). The van der Waals surface area contributed by atoms with E-state index in [2.05, 4.69) is 32.2 Å². The summed E-state index contributed by atoms with van der Waals surface area (Å²) in [5, 5.41) is 14.3. The van der Waals surface area contributed by atoms with E-state index in [0.29, 0.717) is 29.2 Å². The maximum absolute atomic E-state index is 9.75.